The molecule has 0 saturated carbocycles. The molecular formula is C25H26O4. The SMILES string of the molecule is c1ccc(COC[C@@H]2OC(c3ccccc3)OC[C@H]2OCc2ccccc2)cc1. The standard InChI is InChI=1S/C25H26O4/c1-4-10-20(11-5-1)16-26-18-24-23(27-17-21-12-6-2-7-13-21)19-28-25(29-24)22-14-8-3-9-15-22/h1-15,23-25H,16-19H2/t23-,24+,25?/m1/s1. The van der Waals surface area contributed by atoms with E-state index in [-0.39, 0.29) is 12.2 Å². The van der Waals surface area contributed by atoms with Crippen LogP contribution in [0.3, 0.4) is 0 Å². The molecule has 4 nitrogen and oxygen atoms in total. The highest BCUT2D eigenvalue weighted by molar-refractivity contribution is 5.17. The summed E-state index contributed by atoms with van der Waals surface area (Å²) < 4.78 is 24.3. The Morgan fingerprint density at radius 1 is 0.724 bits per heavy atom. The Kier molecular flexibility index (Phi) is 7.05. The number of hydrogen-bond donors (Lipinski definition) is 0. The van der Waals surface area contributed by atoms with E-state index in [1.807, 2.05) is 66.7 Å². The van der Waals surface area contributed by atoms with Gasteiger partial charge in [0.1, 0.15) is 12.2 Å². The molecule has 1 aliphatic rings. The topological polar surface area (TPSA) is 36.9 Å². The summed E-state index contributed by atoms with van der Waals surface area (Å²) in [5.41, 5.74) is 3.27. The number of benzene rings is 3. The second-order valence-electron chi connectivity index (χ2n) is 7.09. The molecule has 0 spiro atoms. The van der Waals surface area contributed by atoms with E-state index >= 15 is 0 Å². The second-order valence-corrected chi connectivity index (χ2v) is 7.09. The van der Waals surface area contributed by atoms with Crippen molar-refractivity contribution in [2.75, 3.05) is 13.2 Å². The summed E-state index contributed by atoms with van der Waals surface area (Å²) in [6, 6.07) is 30.3. The summed E-state index contributed by atoms with van der Waals surface area (Å²) >= 11 is 0. The van der Waals surface area contributed by atoms with Crippen LogP contribution in [0.1, 0.15) is 23.0 Å². The summed E-state index contributed by atoms with van der Waals surface area (Å²) in [5, 5.41) is 0. The van der Waals surface area contributed by atoms with Gasteiger partial charge in [-0.2, -0.15) is 0 Å². The summed E-state index contributed by atoms with van der Waals surface area (Å²) in [6.07, 6.45) is -0.801. The quantitative estimate of drug-likeness (QED) is 0.548. The van der Waals surface area contributed by atoms with Gasteiger partial charge in [0.25, 0.3) is 0 Å². The Labute approximate surface area is 172 Å². The highest BCUT2D eigenvalue weighted by atomic mass is 16.7. The molecule has 1 heterocycles. The van der Waals surface area contributed by atoms with Gasteiger partial charge < -0.3 is 18.9 Å². The Hall–Kier alpha value is -2.50. The van der Waals surface area contributed by atoms with Crippen LogP contribution in [-0.4, -0.2) is 25.4 Å². The van der Waals surface area contributed by atoms with Crippen molar-refractivity contribution in [1.29, 1.82) is 0 Å². The number of rotatable bonds is 8. The first-order chi connectivity index (χ1) is 14.4. The summed E-state index contributed by atoms with van der Waals surface area (Å²) in [6.45, 7) is 1.97. The third-order valence-electron chi connectivity index (χ3n) is 4.90. The molecule has 0 amide bonds. The first-order valence-corrected chi connectivity index (χ1v) is 9.98. The molecule has 0 aromatic heterocycles. The summed E-state index contributed by atoms with van der Waals surface area (Å²) in [5.74, 6) is 0. The maximum absolute atomic E-state index is 6.24. The molecule has 4 rings (SSSR count). The molecule has 4 heteroatoms. The van der Waals surface area contributed by atoms with Gasteiger partial charge in [-0.05, 0) is 11.1 Å². The number of ether oxygens (including phenoxy) is 4. The van der Waals surface area contributed by atoms with Crippen molar-refractivity contribution in [1.82, 2.24) is 0 Å². The zero-order valence-electron chi connectivity index (χ0n) is 16.4. The molecule has 29 heavy (non-hydrogen) atoms. The first kappa shape index (κ1) is 19.8. The fourth-order valence-corrected chi connectivity index (χ4v) is 3.31. The van der Waals surface area contributed by atoms with Gasteiger partial charge in [0, 0.05) is 5.56 Å². The van der Waals surface area contributed by atoms with E-state index in [0.29, 0.717) is 26.4 Å². The van der Waals surface area contributed by atoms with Crippen LogP contribution in [0.4, 0.5) is 0 Å². The van der Waals surface area contributed by atoms with Crippen LogP contribution in [0.25, 0.3) is 0 Å². The minimum absolute atomic E-state index is 0.189. The molecule has 3 aromatic rings. The lowest BCUT2D eigenvalue weighted by molar-refractivity contribution is -0.276. The molecule has 3 aromatic carbocycles. The lowest BCUT2D eigenvalue weighted by Crippen LogP contribution is -2.44. The fraction of sp³-hybridized carbons (Fsp3) is 0.280. The zero-order valence-corrected chi connectivity index (χ0v) is 16.4. The smallest absolute Gasteiger partial charge is 0.184 e. The van der Waals surface area contributed by atoms with Gasteiger partial charge in [-0.15, -0.1) is 0 Å². The van der Waals surface area contributed by atoms with E-state index < -0.39 is 6.29 Å². The van der Waals surface area contributed by atoms with Crippen LogP contribution in [0.15, 0.2) is 91.0 Å². The van der Waals surface area contributed by atoms with E-state index in [2.05, 4.69) is 24.3 Å². The molecule has 1 fully saturated rings. The average Bonchev–Trinajstić information content (AvgIpc) is 2.80. The van der Waals surface area contributed by atoms with Gasteiger partial charge in [-0.1, -0.05) is 91.0 Å². The molecule has 0 radical (unpaired) electrons. The van der Waals surface area contributed by atoms with E-state index in [1.54, 1.807) is 0 Å². The molecule has 1 aliphatic heterocycles. The van der Waals surface area contributed by atoms with E-state index in [0.717, 1.165) is 16.7 Å². The molecule has 0 N–H and O–H groups in total. The van der Waals surface area contributed by atoms with Crippen molar-refractivity contribution < 1.29 is 18.9 Å². The molecular weight excluding hydrogens is 364 g/mol. The third kappa shape index (κ3) is 5.75. The number of hydrogen-bond acceptors (Lipinski definition) is 4. The largest absolute Gasteiger partial charge is 0.374 e. The van der Waals surface area contributed by atoms with Crippen LogP contribution in [0.2, 0.25) is 0 Å². The average molecular weight is 390 g/mol. The van der Waals surface area contributed by atoms with Crippen molar-refractivity contribution in [2.45, 2.75) is 31.7 Å². The van der Waals surface area contributed by atoms with E-state index in [1.165, 1.54) is 0 Å². The molecule has 1 saturated heterocycles. The molecule has 0 aliphatic carbocycles. The van der Waals surface area contributed by atoms with Crippen LogP contribution in [0, 0.1) is 0 Å². The predicted molar refractivity (Wildman–Crippen MR) is 111 cm³/mol. The maximum atomic E-state index is 6.24. The van der Waals surface area contributed by atoms with Gasteiger partial charge in [0.15, 0.2) is 6.29 Å². The highest BCUT2D eigenvalue weighted by Crippen LogP contribution is 2.28. The Bertz CT molecular complexity index is 838. The Morgan fingerprint density at radius 2 is 1.31 bits per heavy atom. The highest BCUT2D eigenvalue weighted by Gasteiger charge is 2.33. The van der Waals surface area contributed by atoms with Gasteiger partial charge >= 0.3 is 0 Å². The van der Waals surface area contributed by atoms with Crippen LogP contribution < -0.4 is 0 Å². The zero-order chi connectivity index (χ0) is 19.7. The molecule has 3 atom stereocenters. The van der Waals surface area contributed by atoms with Crippen LogP contribution in [-0.2, 0) is 32.2 Å². The van der Waals surface area contributed by atoms with Crippen molar-refractivity contribution in [2.24, 2.45) is 0 Å². The Morgan fingerprint density at radius 3 is 1.97 bits per heavy atom. The van der Waals surface area contributed by atoms with Gasteiger partial charge in [0.2, 0.25) is 0 Å². The summed E-state index contributed by atoms with van der Waals surface area (Å²) in [7, 11) is 0. The normalized spacial score (nSPS) is 21.7. The fourth-order valence-electron chi connectivity index (χ4n) is 3.31. The monoisotopic (exact) mass is 390 g/mol. The van der Waals surface area contributed by atoms with Gasteiger partial charge in [-0.25, -0.2) is 0 Å². The van der Waals surface area contributed by atoms with Gasteiger partial charge in [0.05, 0.1) is 26.4 Å². The first-order valence-electron chi connectivity index (χ1n) is 9.98. The van der Waals surface area contributed by atoms with Gasteiger partial charge in [-0.3, -0.25) is 0 Å². The molecule has 1 unspecified atom stereocenters. The molecule has 150 valence electrons. The third-order valence-corrected chi connectivity index (χ3v) is 4.90. The Balaban J connectivity index is 1.38. The molecule has 0 bridgehead atoms. The van der Waals surface area contributed by atoms with Crippen LogP contribution >= 0.6 is 0 Å². The van der Waals surface area contributed by atoms with Crippen molar-refractivity contribution in [3.63, 3.8) is 0 Å². The lowest BCUT2D eigenvalue weighted by atomic mass is 10.1. The van der Waals surface area contributed by atoms with E-state index in [4.69, 9.17) is 18.9 Å². The van der Waals surface area contributed by atoms with E-state index in [9.17, 15) is 0 Å². The summed E-state index contributed by atoms with van der Waals surface area (Å²) in [4.78, 5) is 0. The van der Waals surface area contributed by atoms with Crippen molar-refractivity contribution >= 4 is 0 Å². The predicted octanol–water partition coefficient (Wildman–Crippen LogP) is 4.90. The maximum Gasteiger partial charge on any atom is 0.184 e. The minimum atomic E-state index is -0.405. The lowest BCUT2D eigenvalue weighted by Gasteiger charge is -2.36. The van der Waals surface area contributed by atoms with Crippen molar-refractivity contribution in [3.8, 4) is 0 Å². The van der Waals surface area contributed by atoms with Crippen molar-refractivity contribution in [3.05, 3.63) is 108 Å². The minimum Gasteiger partial charge on any atom is -0.374 e. The van der Waals surface area contributed by atoms with Crippen LogP contribution in [0.5, 0.6) is 0 Å². The second kappa shape index (κ2) is 10.3.